The van der Waals surface area contributed by atoms with Crippen LogP contribution in [0.1, 0.15) is 23.7 Å². The fourth-order valence-electron chi connectivity index (χ4n) is 4.23. The third-order valence-corrected chi connectivity index (χ3v) is 7.50. The molecule has 1 aromatic heterocycles. The van der Waals surface area contributed by atoms with Crippen LogP contribution >= 0.6 is 0 Å². The van der Waals surface area contributed by atoms with Crippen LogP contribution in [0.2, 0.25) is 0 Å². The smallest absolute Gasteiger partial charge is 0.416 e. The molecule has 43 heavy (non-hydrogen) atoms. The van der Waals surface area contributed by atoms with Crippen LogP contribution in [0, 0.1) is 34.3 Å². The number of rotatable bonds is 6. The number of halogens is 8. The predicted octanol–water partition coefficient (Wildman–Crippen LogP) is 6.37. The molecule has 5 rings (SSSR count). The number of nitrogens with zero attached hydrogens (tertiary/aromatic N) is 1. The lowest BCUT2D eigenvalue weighted by Gasteiger charge is -2.28. The van der Waals surface area contributed by atoms with Crippen LogP contribution in [0.4, 0.5) is 35.1 Å². The zero-order valence-corrected chi connectivity index (χ0v) is 21.9. The highest BCUT2D eigenvalue weighted by Gasteiger charge is 2.34. The number of fused-ring (bicyclic) bond motifs is 1. The van der Waals surface area contributed by atoms with Gasteiger partial charge in [-0.05, 0) is 30.3 Å². The van der Waals surface area contributed by atoms with E-state index in [-0.39, 0.29) is 41.2 Å². The van der Waals surface area contributed by atoms with Crippen molar-refractivity contribution >= 4 is 10.1 Å². The van der Waals surface area contributed by atoms with E-state index in [4.69, 9.17) is 9.47 Å². The number of hydrogen-bond acceptors (Lipinski definition) is 6. The lowest BCUT2D eigenvalue weighted by molar-refractivity contribution is -0.604. The van der Waals surface area contributed by atoms with E-state index in [0.29, 0.717) is 4.73 Å². The van der Waals surface area contributed by atoms with E-state index in [9.17, 15) is 48.7 Å². The second kappa shape index (κ2) is 10.9. The van der Waals surface area contributed by atoms with Crippen LogP contribution < -0.4 is 18.4 Å². The maximum absolute atomic E-state index is 14.0. The molecule has 0 saturated heterocycles. The highest BCUT2D eigenvalue weighted by Crippen LogP contribution is 2.42. The molecule has 0 N–H and O–H groups in total. The summed E-state index contributed by atoms with van der Waals surface area (Å²) < 4.78 is 150. The summed E-state index contributed by atoms with van der Waals surface area (Å²) in [6, 6.07) is 8.27. The highest BCUT2D eigenvalue weighted by molar-refractivity contribution is 7.87. The molecule has 1 aliphatic heterocycles. The lowest BCUT2D eigenvalue weighted by Crippen LogP contribution is -2.24. The largest absolute Gasteiger partial charge is 0.619 e. The number of pyridine rings is 1. The molecule has 0 unspecified atom stereocenters. The van der Waals surface area contributed by atoms with Gasteiger partial charge in [-0.2, -0.15) is 35.1 Å². The summed E-state index contributed by atoms with van der Waals surface area (Å²) in [5.41, 5.74) is -0.757. The first-order valence-corrected chi connectivity index (χ1v) is 13.4. The molecule has 4 aromatic rings. The summed E-state index contributed by atoms with van der Waals surface area (Å²) >= 11 is 0. The lowest BCUT2D eigenvalue weighted by atomic mass is 10.0. The van der Waals surface area contributed by atoms with Gasteiger partial charge in [0.05, 0.1) is 17.7 Å². The molecule has 2 heterocycles. The fourth-order valence-corrected chi connectivity index (χ4v) is 5.18. The molecule has 0 radical (unpaired) electrons. The number of alkyl halides is 3. The van der Waals surface area contributed by atoms with Crippen molar-refractivity contribution in [1.82, 2.24) is 0 Å². The van der Waals surface area contributed by atoms with Crippen molar-refractivity contribution in [1.29, 1.82) is 0 Å². The third-order valence-electron chi connectivity index (χ3n) is 6.28. The SMILES string of the molecule is O=S(=O)(Oc1c(F)c(F)c(F)c(F)c1F)c1ccc2c(c1)OCC[C@H]2Oc1ccc(C(F)(F)F)cc1-c1ccc[n+]([O-])c1. The summed E-state index contributed by atoms with van der Waals surface area (Å²) in [5.74, 6) is -14.6. The van der Waals surface area contributed by atoms with Crippen molar-refractivity contribution < 1.29 is 61.9 Å². The first-order chi connectivity index (χ1) is 20.2. The maximum atomic E-state index is 14.0. The summed E-state index contributed by atoms with van der Waals surface area (Å²) in [7, 11) is -5.18. The van der Waals surface area contributed by atoms with E-state index in [1.165, 1.54) is 12.1 Å². The molecule has 0 aliphatic carbocycles. The first-order valence-electron chi connectivity index (χ1n) is 12.0. The number of hydrogen-bond donors (Lipinski definition) is 0. The highest BCUT2D eigenvalue weighted by atomic mass is 32.2. The monoisotopic (exact) mass is 633 g/mol. The molecule has 1 aliphatic rings. The predicted molar refractivity (Wildman–Crippen MR) is 130 cm³/mol. The number of benzene rings is 3. The Balaban J connectivity index is 1.48. The van der Waals surface area contributed by atoms with Crippen molar-refractivity contribution in [3.63, 3.8) is 0 Å². The van der Waals surface area contributed by atoms with Gasteiger partial charge in [0.25, 0.3) is 0 Å². The average molecular weight is 633 g/mol. The first kappa shape index (κ1) is 29.9. The molecular weight excluding hydrogens is 618 g/mol. The Bertz CT molecular complexity index is 1820. The minimum Gasteiger partial charge on any atom is -0.619 e. The van der Waals surface area contributed by atoms with Crippen LogP contribution in [-0.2, 0) is 16.3 Å². The maximum Gasteiger partial charge on any atom is 0.416 e. The van der Waals surface area contributed by atoms with Gasteiger partial charge in [0.1, 0.15) is 22.5 Å². The van der Waals surface area contributed by atoms with Gasteiger partial charge in [-0.15, -0.1) is 0 Å². The average Bonchev–Trinajstić information content (AvgIpc) is 2.97. The van der Waals surface area contributed by atoms with E-state index >= 15 is 0 Å². The van der Waals surface area contributed by atoms with Crippen molar-refractivity contribution in [2.75, 3.05) is 6.61 Å². The molecule has 0 amide bonds. The Kier molecular flexibility index (Phi) is 7.58. The molecule has 16 heteroatoms. The second-order valence-corrected chi connectivity index (χ2v) is 10.6. The molecular formula is C27H15F8NO6S. The molecule has 0 fully saturated rings. The number of ether oxygens (including phenoxy) is 2. The Morgan fingerprint density at radius 1 is 0.907 bits per heavy atom. The molecule has 1 atom stereocenters. The summed E-state index contributed by atoms with van der Waals surface area (Å²) in [5, 5.41) is 11.8. The minimum atomic E-state index is -5.18. The fraction of sp³-hybridized carbons (Fsp3) is 0.148. The quantitative estimate of drug-likeness (QED) is 0.0613. The number of aromatic nitrogens is 1. The standard InChI is InChI=1S/C27H15F8NO6S/c28-21-22(29)24(31)26(25(32)23(21)30)42-43(38,39)15-4-5-16-19(7-9-40-20(16)11-15)41-18-6-3-14(27(33,34)35)10-17(18)13-2-1-8-36(37)12-13/h1-6,8,10-12,19H,7,9H2/t19-/m1/s1. The van der Waals surface area contributed by atoms with Crippen LogP contribution in [0.25, 0.3) is 11.1 Å². The summed E-state index contributed by atoms with van der Waals surface area (Å²) in [6.45, 7) is -0.0818. The molecule has 0 saturated carbocycles. The van der Waals surface area contributed by atoms with Gasteiger partial charge < -0.3 is 18.9 Å². The van der Waals surface area contributed by atoms with E-state index < -0.39 is 67.7 Å². The molecule has 3 aromatic carbocycles. The molecule has 7 nitrogen and oxygen atoms in total. The van der Waals surface area contributed by atoms with E-state index in [1.54, 1.807) is 0 Å². The van der Waals surface area contributed by atoms with Gasteiger partial charge in [-0.25, -0.2) is 13.2 Å². The van der Waals surface area contributed by atoms with Crippen molar-refractivity contribution in [2.24, 2.45) is 0 Å². The van der Waals surface area contributed by atoms with Gasteiger partial charge >= 0.3 is 16.3 Å². The summed E-state index contributed by atoms with van der Waals surface area (Å²) in [6.07, 6.45) is -3.32. The van der Waals surface area contributed by atoms with Gasteiger partial charge in [-0.1, -0.05) is 6.07 Å². The molecule has 0 bridgehead atoms. The van der Waals surface area contributed by atoms with Crippen molar-refractivity contribution in [2.45, 2.75) is 23.6 Å². The van der Waals surface area contributed by atoms with Gasteiger partial charge in [0.15, 0.2) is 12.4 Å². The Hall–Kier alpha value is -4.60. The van der Waals surface area contributed by atoms with E-state index in [2.05, 4.69) is 4.18 Å². The second-order valence-electron chi connectivity index (χ2n) is 9.04. The Morgan fingerprint density at radius 2 is 1.58 bits per heavy atom. The Labute approximate surface area is 237 Å². The van der Waals surface area contributed by atoms with Gasteiger partial charge in [0.2, 0.25) is 34.8 Å². The minimum absolute atomic E-state index is 0.0524. The van der Waals surface area contributed by atoms with Crippen LogP contribution in [0.15, 0.2) is 65.8 Å². The molecule has 226 valence electrons. The summed E-state index contributed by atoms with van der Waals surface area (Å²) in [4.78, 5) is -0.782. The van der Waals surface area contributed by atoms with Gasteiger partial charge in [-0.3, -0.25) is 0 Å². The van der Waals surface area contributed by atoms with E-state index in [0.717, 1.165) is 48.8 Å². The van der Waals surface area contributed by atoms with Gasteiger partial charge in [0, 0.05) is 29.7 Å². The van der Waals surface area contributed by atoms with Crippen molar-refractivity contribution in [3.8, 4) is 28.4 Å². The Morgan fingerprint density at radius 3 is 2.23 bits per heavy atom. The van der Waals surface area contributed by atoms with E-state index in [1.807, 2.05) is 0 Å². The zero-order valence-electron chi connectivity index (χ0n) is 21.1. The zero-order chi connectivity index (χ0) is 31.3. The topological polar surface area (TPSA) is 88.8 Å². The van der Waals surface area contributed by atoms with Crippen molar-refractivity contribution in [3.05, 3.63) is 106 Å². The van der Waals surface area contributed by atoms with Crippen LogP contribution in [-0.4, -0.2) is 15.0 Å². The van der Waals surface area contributed by atoms with Crippen LogP contribution in [0.3, 0.4) is 0 Å². The normalized spacial score (nSPS) is 15.0. The third kappa shape index (κ3) is 5.74. The van der Waals surface area contributed by atoms with Crippen LogP contribution in [0.5, 0.6) is 17.2 Å². The molecule has 0 spiro atoms.